The number of hydrogen-bond acceptors (Lipinski definition) is 4. The van der Waals surface area contributed by atoms with Crippen LogP contribution in [0, 0.1) is 5.82 Å². The average molecular weight is 339 g/mol. The first kappa shape index (κ1) is 19.7. The van der Waals surface area contributed by atoms with E-state index in [2.05, 4.69) is 0 Å². The molecule has 6 nitrogen and oxygen atoms in total. The third-order valence-corrected chi connectivity index (χ3v) is 3.26. The monoisotopic (exact) mass is 339 g/mol. The lowest BCUT2D eigenvalue weighted by molar-refractivity contribution is 0.0294. The zero-order valence-electron chi connectivity index (χ0n) is 14.9. The molecule has 1 rings (SSSR count). The lowest BCUT2D eigenvalue weighted by Crippen LogP contribution is -2.36. The number of carbonyl (C=O) groups is 2. The normalized spacial score (nSPS) is 11.1. The van der Waals surface area contributed by atoms with Crippen molar-refractivity contribution in [3.05, 3.63) is 29.6 Å². The number of halogens is 1. The van der Waals surface area contributed by atoms with Gasteiger partial charge in [0.2, 0.25) is 0 Å². The van der Waals surface area contributed by atoms with E-state index in [1.807, 2.05) is 0 Å². The summed E-state index contributed by atoms with van der Waals surface area (Å²) in [6.45, 7) is 6.21. The first-order valence-electron chi connectivity index (χ1n) is 7.76. The molecule has 24 heavy (non-hydrogen) atoms. The first-order valence-corrected chi connectivity index (χ1v) is 7.76. The zero-order valence-corrected chi connectivity index (χ0v) is 14.9. The fraction of sp³-hybridized carbons (Fsp3) is 0.529. The molecule has 0 atom stereocenters. The summed E-state index contributed by atoms with van der Waals surface area (Å²) in [6, 6.07) is 3.98. The summed E-state index contributed by atoms with van der Waals surface area (Å²) in [6.07, 6.45) is 0.134. The number of ether oxygens (including phenoxy) is 1. The highest BCUT2D eigenvalue weighted by atomic mass is 19.1. The largest absolute Gasteiger partial charge is 0.444 e. The van der Waals surface area contributed by atoms with Crippen LogP contribution in [0.3, 0.4) is 0 Å². The number of carbonyl (C=O) groups excluding carboxylic acids is 2. The predicted octanol–water partition coefficient (Wildman–Crippen LogP) is 2.74. The van der Waals surface area contributed by atoms with Gasteiger partial charge < -0.3 is 20.3 Å². The molecule has 2 N–H and O–H groups in total. The van der Waals surface area contributed by atoms with Gasteiger partial charge in [0.15, 0.2) is 0 Å². The second kappa shape index (κ2) is 7.99. The fourth-order valence-electron chi connectivity index (χ4n) is 1.99. The molecule has 0 aliphatic rings. The van der Waals surface area contributed by atoms with E-state index in [4.69, 9.17) is 10.5 Å². The van der Waals surface area contributed by atoms with Crippen molar-refractivity contribution >= 4 is 17.7 Å². The number of benzene rings is 1. The van der Waals surface area contributed by atoms with Gasteiger partial charge in [0.05, 0.1) is 5.56 Å². The second-order valence-electron chi connectivity index (χ2n) is 6.72. The number of amides is 2. The number of hydrogen-bond donors (Lipinski definition) is 1. The Labute approximate surface area is 142 Å². The predicted molar refractivity (Wildman–Crippen MR) is 91.3 cm³/mol. The molecule has 0 aromatic heterocycles. The maximum Gasteiger partial charge on any atom is 0.410 e. The smallest absolute Gasteiger partial charge is 0.410 e. The van der Waals surface area contributed by atoms with Crippen molar-refractivity contribution in [3.8, 4) is 0 Å². The molecule has 0 spiro atoms. The highest BCUT2D eigenvalue weighted by Gasteiger charge is 2.20. The van der Waals surface area contributed by atoms with Crippen LogP contribution in [0.2, 0.25) is 0 Å². The molecule has 2 amide bonds. The van der Waals surface area contributed by atoms with Crippen molar-refractivity contribution in [2.75, 3.05) is 32.9 Å². The number of nitrogen functional groups attached to an aromatic ring is 1. The van der Waals surface area contributed by atoms with Gasteiger partial charge in [-0.3, -0.25) is 4.79 Å². The number of rotatable bonds is 5. The van der Waals surface area contributed by atoms with Crippen LogP contribution in [-0.4, -0.2) is 54.6 Å². The maximum atomic E-state index is 13.8. The lowest BCUT2D eigenvalue weighted by Gasteiger charge is -2.25. The van der Waals surface area contributed by atoms with Gasteiger partial charge in [0, 0.05) is 32.9 Å². The van der Waals surface area contributed by atoms with Crippen molar-refractivity contribution in [1.29, 1.82) is 0 Å². The fourth-order valence-corrected chi connectivity index (χ4v) is 1.99. The Morgan fingerprint density at radius 1 is 1.17 bits per heavy atom. The van der Waals surface area contributed by atoms with E-state index in [1.165, 1.54) is 21.9 Å². The summed E-state index contributed by atoms with van der Waals surface area (Å²) < 4.78 is 19.0. The minimum absolute atomic E-state index is 0.0211. The Bertz CT molecular complexity index is 599. The molecule has 0 unspecified atom stereocenters. The summed E-state index contributed by atoms with van der Waals surface area (Å²) in [7, 11) is 3.22. The Balaban J connectivity index is 2.49. The van der Waals surface area contributed by atoms with Crippen LogP contribution in [0.15, 0.2) is 18.2 Å². The molecule has 0 bridgehead atoms. The van der Waals surface area contributed by atoms with Gasteiger partial charge in [-0.15, -0.1) is 0 Å². The van der Waals surface area contributed by atoms with Crippen LogP contribution in [0.25, 0.3) is 0 Å². The standard InChI is InChI=1S/C17H26FN3O3/c1-17(2,3)24-16(23)21(5)10-6-9-20(4)15(22)13-8-7-12(19)11-14(13)18/h7-8,11H,6,9-10,19H2,1-5H3. The summed E-state index contributed by atoms with van der Waals surface area (Å²) >= 11 is 0. The van der Waals surface area contributed by atoms with Gasteiger partial charge in [-0.2, -0.15) is 0 Å². The minimum Gasteiger partial charge on any atom is -0.444 e. The second-order valence-corrected chi connectivity index (χ2v) is 6.72. The molecule has 7 heteroatoms. The molecule has 1 aromatic carbocycles. The SMILES string of the molecule is CN(CCCN(C)C(=O)c1ccc(N)cc1F)C(=O)OC(C)(C)C. The molecule has 0 fully saturated rings. The van der Waals surface area contributed by atoms with Gasteiger partial charge in [-0.1, -0.05) is 0 Å². The Morgan fingerprint density at radius 2 is 1.75 bits per heavy atom. The molecule has 0 aliphatic heterocycles. The van der Waals surface area contributed by atoms with Gasteiger partial charge in [-0.05, 0) is 45.4 Å². The van der Waals surface area contributed by atoms with Crippen LogP contribution in [0.5, 0.6) is 0 Å². The Hall–Kier alpha value is -2.31. The molecule has 0 saturated carbocycles. The van der Waals surface area contributed by atoms with Crippen LogP contribution in [0.4, 0.5) is 14.9 Å². The van der Waals surface area contributed by atoms with Crippen molar-refractivity contribution < 1.29 is 18.7 Å². The molecule has 1 aromatic rings. The first-order chi connectivity index (χ1) is 11.0. The molecule has 134 valence electrons. The van der Waals surface area contributed by atoms with Crippen molar-refractivity contribution in [1.82, 2.24) is 9.80 Å². The third-order valence-electron chi connectivity index (χ3n) is 3.26. The molecule has 0 radical (unpaired) electrons. The average Bonchev–Trinajstić information content (AvgIpc) is 2.44. The van der Waals surface area contributed by atoms with Crippen LogP contribution < -0.4 is 5.73 Å². The lowest BCUT2D eigenvalue weighted by atomic mass is 10.1. The zero-order chi connectivity index (χ0) is 18.5. The summed E-state index contributed by atoms with van der Waals surface area (Å²) in [5.74, 6) is -1.06. The maximum absolute atomic E-state index is 13.8. The van der Waals surface area contributed by atoms with Gasteiger partial charge in [-0.25, -0.2) is 9.18 Å². The van der Waals surface area contributed by atoms with Crippen LogP contribution in [-0.2, 0) is 4.74 Å². The van der Waals surface area contributed by atoms with E-state index < -0.39 is 23.4 Å². The highest BCUT2D eigenvalue weighted by molar-refractivity contribution is 5.94. The molecular weight excluding hydrogens is 313 g/mol. The highest BCUT2D eigenvalue weighted by Crippen LogP contribution is 2.14. The van der Waals surface area contributed by atoms with Gasteiger partial charge >= 0.3 is 6.09 Å². The van der Waals surface area contributed by atoms with Crippen LogP contribution >= 0.6 is 0 Å². The third kappa shape index (κ3) is 6.06. The van der Waals surface area contributed by atoms with Crippen LogP contribution in [0.1, 0.15) is 37.6 Å². The summed E-state index contributed by atoms with van der Waals surface area (Å²) in [5, 5.41) is 0. The van der Waals surface area contributed by atoms with Gasteiger partial charge in [0.25, 0.3) is 5.91 Å². The van der Waals surface area contributed by atoms with Gasteiger partial charge in [0.1, 0.15) is 11.4 Å². The van der Waals surface area contributed by atoms with Crippen molar-refractivity contribution in [3.63, 3.8) is 0 Å². The summed E-state index contributed by atoms with van der Waals surface area (Å²) in [4.78, 5) is 26.9. The summed E-state index contributed by atoms with van der Waals surface area (Å²) in [5.41, 5.74) is 5.17. The van der Waals surface area contributed by atoms with Crippen molar-refractivity contribution in [2.45, 2.75) is 32.8 Å². The van der Waals surface area contributed by atoms with E-state index in [9.17, 15) is 14.0 Å². The molecular formula is C17H26FN3O3. The van der Waals surface area contributed by atoms with E-state index in [1.54, 1.807) is 34.9 Å². The van der Waals surface area contributed by atoms with E-state index >= 15 is 0 Å². The Kier molecular flexibility index (Phi) is 6.57. The van der Waals surface area contributed by atoms with E-state index in [-0.39, 0.29) is 11.3 Å². The number of nitrogens with two attached hydrogens (primary N) is 1. The minimum atomic E-state index is -0.641. The van der Waals surface area contributed by atoms with Crippen molar-refractivity contribution in [2.24, 2.45) is 0 Å². The Morgan fingerprint density at radius 3 is 2.29 bits per heavy atom. The van der Waals surface area contributed by atoms with E-state index in [0.717, 1.165) is 6.07 Å². The number of nitrogens with zero attached hydrogens (tertiary/aromatic N) is 2. The quantitative estimate of drug-likeness (QED) is 0.837. The molecule has 0 saturated heterocycles. The van der Waals surface area contributed by atoms with E-state index in [0.29, 0.717) is 19.5 Å². The molecule has 0 aliphatic carbocycles. The topological polar surface area (TPSA) is 75.9 Å². The molecule has 0 heterocycles. The number of anilines is 1.